The van der Waals surface area contributed by atoms with E-state index in [1.807, 2.05) is 42.5 Å². The van der Waals surface area contributed by atoms with Crippen LogP contribution in [0.15, 0.2) is 42.5 Å². The van der Waals surface area contributed by atoms with E-state index in [1.165, 1.54) is 0 Å². The minimum atomic E-state index is -0.648. The van der Waals surface area contributed by atoms with Crippen LogP contribution in [-0.4, -0.2) is 52.7 Å². The fourth-order valence-corrected chi connectivity index (χ4v) is 6.11. The highest BCUT2D eigenvalue weighted by Crippen LogP contribution is 2.43. The molecule has 9 nitrogen and oxygen atoms in total. The zero-order valence-corrected chi connectivity index (χ0v) is 19.9. The summed E-state index contributed by atoms with van der Waals surface area (Å²) in [5.74, 6) is -0.840. The molecule has 2 aromatic rings. The van der Waals surface area contributed by atoms with Gasteiger partial charge in [-0.2, -0.15) is 0 Å². The van der Waals surface area contributed by atoms with E-state index in [0.29, 0.717) is 31.5 Å². The Balaban J connectivity index is 1.20. The molecule has 4 aliphatic heterocycles. The van der Waals surface area contributed by atoms with Crippen LogP contribution in [0.5, 0.6) is 0 Å². The van der Waals surface area contributed by atoms with Gasteiger partial charge < -0.3 is 9.64 Å². The molecule has 2 unspecified atom stereocenters. The Hall–Kier alpha value is -3.72. The van der Waals surface area contributed by atoms with E-state index in [9.17, 15) is 19.2 Å². The molecule has 9 heteroatoms. The SMILES string of the molecule is O=C1CCC(N2Cc3cccc(CN4CCCC5(CC4)OC(=O)Nc4ccccc45)c3C2=O)C(=O)N1. The molecule has 2 aromatic carbocycles. The van der Waals surface area contributed by atoms with Crippen LogP contribution >= 0.6 is 0 Å². The maximum absolute atomic E-state index is 13.4. The first kappa shape index (κ1) is 22.7. The minimum Gasteiger partial charge on any atom is -0.438 e. The quantitative estimate of drug-likeness (QED) is 0.644. The van der Waals surface area contributed by atoms with Crippen molar-refractivity contribution in [3.63, 3.8) is 0 Å². The summed E-state index contributed by atoms with van der Waals surface area (Å²) < 4.78 is 5.91. The zero-order valence-electron chi connectivity index (χ0n) is 19.9. The summed E-state index contributed by atoms with van der Waals surface area (Å²) in [6.07, 6.45) is 2.44. The molecule has 0 aliphatic carbocycles. The smallest absolute Gasteiger partial charge is 0.412 e. The van der Waals surface area contributed by atoms with Gasteiger partial charge in [-0.05, 0) is 43.0 Å². The number of hydrogen-bond donors (Lipinski definition) is 2. The highest BCUT2D eigenvalue weighted by Gasteiger charge is 2.43. The number of nitrogens with zero attached hydrogens (tertiary/aromatic N) is 2. The summed E-state index contributed by atoms with van der Waals surface area (Å²) in [4.78, 5) is 53.6. The molecular formula is C27H28N4O5. The second-order valence-corrected chi connectivity index (χ2v) is 10.0. The summed E-state index contributed by atoms with van der Waals surface area (Å²) in [5.41, 5.74) is 3.69. The second kappa shape index (κ2) is 8.74. The third-order valence-corrected chi connectivity index (χ3v) is 7.86. The van der Waals surface area contributed by atoms with Gasteiger partial charge in [0.2, 0.25) is 11.8 Å². The molecule has 4 aliphatic rings. The predicted molar refractivity (Wildman–Crippen MR) is 130 cm³/mol. The van der Waals surface area contributed by atoms with Crippen LogP contribution in [-0.2, 0) is 33.0 Å². The Bertz CT molecular complexity index is 1280. The molecule has 4 amide bonds. The fourth-order valence-electron chi connectivity index (χ4n) is 6.11. The first-order valence-corrected chi connectivity index (χ1v) is 12.5. The lowest BCUT2D eigenvalue weighted by atomic mass is 9.84. The molecule has 36 heavy (non-hydrogen) atoms. The third-order valence-electron chi connectivity index (χ3n) is 7.86. The van der Waals surface area contributed by atoms with Crippen LogP contribution in [0.4, 0.5) is 10.5 Å². The summed E-state index contributed by atoms with van der Waals surface area (Å²) >= 11 is 0. The van der Waals surface area contributed by atoms with Crippen molar-refractivity contribution < 1.29 is 23.9 Å². The van der Waals surface area contributed by atoms with Gasteiger partial charge in [0.1, 0.15) is 11.6 Å². The maximum Gasteiger partial charge on any atom is 0.412 e. The molecule has 186 valence electrons. The van der Waals surface area contributed by atoms with Gasteiger partial charge in [0, 0.05) is 43.6 Å². The lowest BCUT2D eigenvalue weighted by Gasteiger charge is -2.38. The lowest BCUT2D eigenvalue weighted by molar-refractivity contribution is -0.136. The summed E-state index contributed by atoms with van der Waals surface area (Å²) in [5, 5.41) is 5.17. The standard InChI is InChI=1S/C27H28N4O5/c32-22-10-9-21(24(33)29-22)31-16-18-6-3-5-17(23(18)25(31)34)15-30-13-4-11-27(12-14-30)19-7-1-2-8-20(19)28-26(35)36-27/h1-3,5-8,21H,4,9-16H2,(H,28,35)(H,29,32,33). The Morgan fingerprint density at radius 2 is 1.83 bits per heavy atom. The number of carbonyl (C=O) groups is 4. The van der Waals surface area contributed by atoms with E-state index in [-0.39, 0.29) is 18.2 Å². The molecule has 2 saturated heterocycles. The first-order chi connectivity index (χ1) is 17.4. The Labute approximate surface area is 208 Å². The number of piperidine rings is 1. The van der Waals surface area contributed by atoms with Gasteiger partial charge in [-0.25, -0.2) is 4.79 Å². The van der Waals surface area contributed by atoms with E-state index in [4.69, 9.17) is 4.74 Å². The van der Waals surface area contributed by atoms with Gasteiger partial charge in [-0.1, -0.05) is 36.4 Å². The van der Waals surface area contributed by atoms with Crippen molar-refractivity contribution in [2.75, 3.05) is 18.4 Å². The number of carbonyl (C=O) groups excluding carboxylic acids is 4. The van der Waals surface area contributed by atoms with Crippen molar-refractivity contribution >= 4 is 29.5 Å². The van der Waals surface area contributed by atoms with Gasteiger partial charge in [0.15, 0.2) is 0 Å². The number of benzene rings is 2. The number of para-hydroxylation sites is 1. The summed E-state index contributed by atoms with van der Waals surface area (Å²) in [7, 11) is 0. The number of nitrogens with one attached hydrogen (secondary N) is 2. The van der Waals surface area contributed by atoms with Gasteiger partial charge in [0.05, 0.1) is 5.69 Å². The van der Waals surface area contributed by atoms with Crippen LogP contribution in [0.2, 0.25) is 0 Å². The number of ether oxygens (including phenoxy) is 1. The van der Waals surface area contributed by atoms with Gasteiger partial charge >= 0.3 is 6.09 Å². The molecule has 0 aromatic heterocycles. The third kappa shape index (κ3) is 3.83. The molecule has 2 fully saturated rings. The topological polar surface area (TPSA) is 108 Å². The molecule has 0 saturated carbocycles. The van der Waals surface area contributed by atoms with E-state index in [1.54, 1.807) is 4.90 Å². The summed E-state index contributed by atoms with van der Waals surface area (Å²) in [6, 6.07) is 13.1. The first-order valence-electron chi connectivity index (χ1n) is 12.5. The maximum atomic E-state index is 13.4. The molecule has 0 bridgehead atoms. The normalized spacial score (nSPS) is 26.1. The monoisotopic (exact) mass is 488 g/mol. The molecular weight excluding hydrogens is 460 g/mol. The lowest BCUT2D eigenvalue weighted by Crippen LogP contribution is -2.52. The molecule has 4 heterocycles. The zero-order chi connectivity index (χ0) is 24.9. The number of fused-ring (bicyclic) bond motifs is 3. The number of rotatable bonds is 3. The van der Waals surface area contributed by atoms with Crippen LogP contribution in [0, 0.1) is 0 Å². The van der Waals surface area contributed by atoms with Crippen LogP contribution in [0.3, 0.4) is 0 Å². The van der Waals surface area contributed by atoms with E-state index < -0.39 is 23.6 Å². The number of likely N-dealkylation sites (tertiary alicyclic amines) is 1. The van der Waals surface area contributed by atoms with Gasteiger partial charge in [-0.3, -0.25) is 29.9 Å². The Morgan fingerprint density at radius 3 is 2.69 bits per heavy atom. The van der Waals surface area contributed by atoms with Crippen LogP contribution in [0.25, 0.3) is 0 Å². The van der Waals surface area contributed by atoms with Crippen molar-refractivity contribution in [1.29, 1.82) is 0 Å². The summed E-state index contributed by atoms with van der Waals surface area (Å²) in [6.45, 7) is 2.51. The van der Waals surface area contributed by atoms with Gasteiger partial charge in [0.25, 0.3) is 5.91 Å². The second-order valence-electron chi connectivity index (χ2n) is 10.0. The highest BCUT2D eigenvalue weighted by atomic mass is 16.6. The van der Waals surface area contributed by atoms with Crippen molar-refractivity contribution in [2.45, 2.75) is 56.8 Å². The van der Waals surface area contributed by atoms with Crippen molar-refractivity contribution in [3.05, 3.63) is 64.7 Å². The predicted octanol–water partition coefficient (Wildman–Crippen LogP) is 2.89. The largest absolute Gasteiger partial charge is 0.438 e. The molecule has 2 atom stereocenters. The highest BCUT2D eigenvalue weighted by molar-refractivity contribution is 6.06. The number of anilines is 1. The Morgan fingerprint density at radius 1 is 0.972 bits per heavy atom. The van der Waals surface area contributed by atoms with Crippen molar-refractivity contribution in [2.24, 2.45) is 0 Å². The number of imide groups is 1. The number of amides is 4. The fraction of sp³-hybridized carbons (Fsp3) is 0.407. The average molecular weight is 489 g/mol. The molecule has 2 N–H and O–H groups in total. The van der Waals surface area contributed by atoms with E-state index in [0.717, 1.165) is 48.3 Å². The van der Waals surface area contributed by atoms with Crippen molar-refractivity contribution in [1.82, 2.24) is 15.1 Å². The molecule has 0 radical (unpaired) electrons. The minimum absolute atomic E-state index is 0.150. The van der Waals surface area contributed by atoms with Crippen LogP contribution in [0.1, 0.15) is 59.2 Å². The molecule has 1 spiro atoms. The van der Waals surface area contributed by atoms with Crippen molar-refractivity contribution in [3.8, 4) is 0 Å². The van der Waals surface area contributed by atoms with Crippen LogP contribution < -0.4 is 10.6 Å². The number of hydrogen-bond acceptors (Lipinski definition) is 6. The average Bonchev–Trinajstić information content (AvgIpc) is 3.06. The van der Waals surface area contributed by atoms with Gasteiger partial charge in [-0.15, -0.1) is 0 Å². The molecule has 6 rings (SSSR count). The Kier molecular flexibility index (Phi) is 5.52. The van der Waals surface area contributed by atoms with E-state index >= 15 is 0 Å². The van der Waals surface area contributed by atoms with E-state index in [2.05, 4.69) is 15.5 Å².